The zero-order valence-electron chi connectivity index (χ0n) is 22.3. The van der Waals surface area contributed by atoms with Crippen molar-refractivity contribution in [3.63, 3.8) is 0 Å². The summed E-state index contributed by atoms with van der Waals surface area (Å²) in [4.78, 5) is 71.1. The number of carbonyl (C=O) groups excluding carboxylic acids is 5. The van der Waals surface area contributed by atoms with Crippen LogP contribution < -0.4 is 21.5 Å². The predicted octanol–water partition coefficient (Wildman–Crippen LogP) is 1.14. The molecule has 0 aliphatic heterocycles. The van der Waals surface area contributed by atoms with Crippen LogP contribution in [-0.4, -0.2) is 60.5 Å². The van der Waals surface area contributed by atoms with Crippen LogP contribution in [0.25, 0.3) is 0 Å². The van der Waals surface area contributed by atoms with E-state index < -0.39 is 41.3 Å². The first kappa shape index (κ1) is 33.0. The van der Waals surface area contributed by atoms with Gasteiger partial charge >= 0.3 is 11.9 Å². The third-order valence-corrected chi connectivity index (χ3v) is 4.11. The fourth-order valence-corrected chi connectivity index (χ4v) is 2.58. The van der Waals surface area contributed by atoms with Gasteiger partial charge in [-0.1, -0.05) is 26.8 Å². The summed E-state index contributed by atoms with van der Waals surface area (Å²) in [5.74, 6) is -2.01. The Morgan fingerprint density at radius 1 is 1.14 bits per heavy atom. The fraction of sp³-hybridized carbons (Fsp3) is 0.520. The summed E-state index contributed by atoms with van der Waals surface area (Å²) in [6.45, 7) is 8.94. The standard InChI is InChI=1S/C21H28N4O8.C4H10/c1-4-33-18(28)10-6-5-8-15(23-14(2)26)20(30)24-16-9-7-11-25(21(16)31)13-17(27)22-12-19(29)32-3;1-4(2)3/h6-7,9-11,15H,4-5,8,12-13H2,1-3H3,(H,22,27)(H,23,26)(H,24,30);4H,1-3H3/b10-6+;/t15-;/m0./s1. The van der Waals surface area contributed by atoms with Crippen molar-refractivity contribution in [2.45, 2.75) is 60.0 Å². The number of carbonyl (C=O) groups is 5. The summed E-state index contributed by atoms with van der Waals surface area (Å²) in [5.41, 5.74) is -0.747. The fourth-order valence-electron chi connectivity index (χ4n) is 2.58. The first-order valence-electron chi connectivity index (χ1n) is 11.8. The van der Waals surface area contributed by atoms with E-state index in [-0.39, 0.29) is 38.2 Å². The zero-order chi connectivity index (χ0) is 28.4. The summed E-state index contributed by atoms with van der Waals surface area (Å²) < 4.78 is 10.2. The number of ether oxygens (including phenoxy) is 2. The number of aromatic nitrogens is 1. The van der Waals surface area contributed by atoms with Crippen LogP contribution in [0.1, 0.15) is 47.5 Å². The minimum atomic E-state index is -0.967. The van der Waals surface area contributed by atoms with Crippen LogP contribution in [0.4, 0.5) is 5.69 Å². The third-order valence-electron chi connectivity index (χ3n) is 4.11. The van der Waals surface area contributed by atoms with Gasteiger partial charge in [-0.25, -0.2) is 4.79 Å². The molecule has 0 aliphatic carbocycles. The molecule has 1 atom stereocenters. The van der Waals surface area contributed by atoms with Crippen molar-refractivity contribution >= 4 is 35.3 Å². The van der Waals surface area contributed by atoms with Crippen molar-refractivity contribution in [1.82, 2.24) is 15.2 Å². The van der Waals surface area contributed by atoms with Crippen molar-refractivity contribution in [1.29, 1.82) is 0 Å². The maximum atomic E-state index is 12.7. The number of esters is 2. The number of rotatable bonds is 12. The molecule has 12 heteroatoms. The third kappa shape index (κ3) is 15.6. The Labute approximate surface area is 216 Å². The average molecular weight is 523 g/mol. The van der Waals surface area contributed by atoms with Crippen molar-refractivity contribution < 1.29 is 33.4 Å². The number of allylic oxidation sites excluding steroid dienone is 1. The Morgan fingerprint density at radius 2 is 1.78 bits per heavy atom. The molecule has 1 aromatic rings. The minimum absolute atomic E-state index is 0.0966. The predicted molar refractivity (Wildman–Crippen MR) is 137 cm³/mol. The molecule has 0 radical (unpaired) electrons. The van der Waals surface area contributed by atoms with Crippen LogP contribution in [-0.2, 0) is 40.0 Å². The van der Waals surface area contributed by atoms with Gasteiger partial charge in [-0.3, -0.25) is 24.0 Å². The topological polar surface area (TPSA) is 162 Å². The Balaban J connectivity index is 0.00000300. The highest BCUT2D eigenvalue weighted by Gasteiger charge is 2.20. The van der Waals surface area contributed by atoms with Crippen LogP contribution >= 0.6 is 0 Å². The summed E-state index contributed by atoms with van der Waals surface area (Å²) in [6.07, 6.45) is 4.55. The molecule has 0 fully saturated rings. The second kappa shape index (κ2) is 18.3. The van der Waals surface area contributed by atoms with E-state index >= 15 is 0 Å². The lowest BCUT2D eigenvalue weighted by Gasteiger charge is -2.17. The number of anilines is 1. The molecule has 0 spiro atoms. The molecule has 0 aromatic carbocycles. The lowest BCUT2D eigenvalue weighted by atomic mass is 10.1. The smallest absolute Gasteiger partial charge is 0.330 e. The van der Waals surface area contributed by atoms with Crippen LogP contribution in [0, 0.1) is 5.92 Å². The molecule has 3 N–H and O–H groups in total. The Morgan fingerprint density at radius 3 is 2.35 bits per heavy atom. The van der Waals surface area contributed by atoms with Crippen molar-refractivity contribution in [3.05, 3.63) is 40.8 Å². The second-order valence-corrected chi connectivity index (χ2v) is 8.41. The molecular formula is C25H38N4O8. The summed E-state index contributed by atoms with van der Waals surface area (Å²) in [6, 6.07) is 1.85. The average Bonchev–Trinajstić information content (AvgIpc) is 2.81. The summed E-state index contributed by atoms with van der Waals surface area (Å²) >= 11 is 0. The molecule has 0 unspecified atom stereocenters. The van der Waals surface area contributed by atoms with E-state index in [4.69, 9.17) is 4.74 Å². The van der Waals surface area contributed by atoms with Crippen LogP contribution in [0.5, 0.6) is 0 Å². The van der Waals surface area contributed by atoms with Crippen LogP contribution in [0.15, 0.2) is 35.3 Å². The summed E-state index contributed by atoms with van der Waals surface area (Å²) in [5, 5.41) is 7.25. The Bertz CT molecular complexity index is 998. The normalized spacial score (nSPS) is 11.1. The number of pyridine rings is 1. The lowest BCUT2D eigenvalue weighted by molar-refractivity contribution is -0.141. The van der Waals surface area contributed by atoms with E-state index in [0.717, 1.165) is 10.5 Å². The van der Waals surface area contributed by atoms with Gasteiger partial charge in [-0.2, -0.15) is 0 Å². The SMILES string of the molecule is CC(C)C.CCOC(=O)/C=C/CC[C@H](NC(C)=O)C(=O)Nc1cccn(CC(=O)NCC(=O)OC)c1=O. The van der Waals surface area contributed by atoms with Gasteiger partial charge in [-0.05, 0) is 37.8 Å². The molecule has 0 saturated heterocycles. The van der Waals surface area contributed by atoms with Crippen molar-refractivity contribution in [3.8, 4) is 0 Å². The van der Waals surface area contributed by atoms with E-state index in [2.05, 4.69) is 41.5 Å². The maximum absolute atomic E-state index is 12.7. The molecule has 3 amide bonds. The largest absolute Gasteiger partial charge is 0.468 e. The molecule has 0 aliphatic rings. The molecular weight excluding hydrogens is 484 g/mol. The van der Waals surface area contributed by atoms with E-state index in [0.29, 0.717) is 0 Å². The maximum Gasteiger partial charge on any atom is 0.330 e. The zero-order valence-corrected chi connectivity index (χ0v) is 22.3. The second-order valence-electron chi connectivity index (χ2n) is 8.41. The number of hydrogen-bond acceptors (Lipinski definition) is 8. The van der Waals surface area contributed by atoms with Gasteiger partial charge in [0.25, 0.3) is 5.56 Å². The highest BCUT2D eigenvalue weighted by atomic mass is 16.5. The van der Waals surface area contributed by atoms with Gasteiger partial charge in [0.2, 0.25) is 17.7 Å². The van der Waals surface area contributed by atoms with Crippen LogP contribution in [0.2, 0.25) is 0 Å². The van der Waals surface area contributed by atoms with E-state index in [9.17, 15) is 28.8 Å². The first-order valence-corrected chi connectivity index (χ1v) is 11.8. The number of nitrogens with zero attached hydrogens (tertiary/aromatic N) is 1. The first-order chi connectivity index (χ1) is 17.4. The van der Waals surface area contributed by atoms with Gasteiger partial charge in [-0.15, -0.1) is 0 Å². The lowest BCUT2D eigenvalue weighted by Crippen LogP contribution is -2.44. The van der Waals surface area contributed by atoms with E-state index in [1.807, 2.05) is 0 Å². The Kier molecular flexibility index (Phi) is 16.4. The quantitative estimate of drug-likeness (QED) is 0.272. The molecule has 37 heavy (non-hydrogen) atoms. The van der Waals surface area contributed by atoms with Gasteiger partial charge in [0.15, 0.2) is 0 Å². The number of amides is 3. The van der Waals surface area contributed by atoms with Crippen molar-refractivity contribution in [2.24, 2.45) is 5.92 Å². The van der Waals surface area contributed by atoms with Gasteiger partial charge in [0, 0.05) is 19.2 Å². The molecule has 206 valence electrons. The van der Waals surface area contributed by atoms with Crippen LogP contribution in [0.3, 0.4) is 0 Å². The highest BCUT2D eigenvalue weighted by Crippen LogP contribution is 2.05. The van der Waals surface area contributed by atoms with Gasteiger partial charge in [0.1, 0.15) is 24.8 Å². The molecule has 1 aromatic heterocycles. The molecule has 1 rings (SSSR count). The number of nitrogens with one attached hydrogen (secondary N) is 3. The van der Waals surface area contributed by atoms with Crippen molar-refractivity contribution in [2.75, 3.05) is 25.6 Å². The monoisotopic (exact) mass is 522 g/mol. The molecule has 12 nitrogen and oxygen atoms in total. The minimum Gasteiger partial charge on any atom is -0.468 e. The molecule has 0 saturated carbocycles. The summed E-state index contributed by atoms with van der Waals surface area (Å²) in [7, 11) is 1.18. The number of hydrogen-bond donors (Lipinski definition) is 3. The highest BCUT2D eigenvalue weighted by molar-refractivity contribution is 5.96. The van der Waals surface area contributed by atoms with Gasteiger partial charge < -0.3 is 30.0 Å². The molecule has 0 bridgehead atoms. The Hall–Kier alpha value is -3.96. The van der Waals surface area contributed by atoms with E-state index in [1.165, 1.54) is 44.5 Å². The van der Waals surface area contributed by atoms with Gasteiger partial charge in [0.05, 0.1) is 13.7 Å². The number of methoxy groups -OCH3 is 1. The molecule has 1 heterocycles. The van der Waals surface area contributed by atoms with E-state index in [1.54, 1.807) is 6.92 Å².